The van der Waals surface area contributed by atoms with Crippen molar-refractivity contribution in [2.75, 3.05) is 13.2 Å². The van der Waals surface area contributed by atoms with Gasteiger partial charge in [-0.2, -0.15) is 0 Å². The van der Waals surface area contributed by atoms with Gasteiger partial charge in [-0.05, 0) is 100 Å². The summed E-state index contributed by atoms with van der Waals surface area (Å²) in [6.45, 7) is 12.0. The number of carbonyl (C=O) groups is 2. The minimum atomic E-state index is -1.88. The summed E-state index contributed by atoms with van der Waals surface area (Å²) in [6, 6.07) is 0. The summed E-state index contributed by atoms with van der Waals surface area (Å²) in [6.07, 6.45) is -22.9. The van der Waals surface area contributed by atoms with Gasteiger partial charge in [-0.15, -0.1) is 0 Å². The van der Waals surface area contributed by atoms with Gasteiger partial charge in [0.2, 0.25) is 0 Å². The summed E-state index contributed by atoms with van der Waals surface area (Å²) in [5.74, 6) is 0.193. The molecule has 7 fully saturated rings. The number of ketones is 2. The topological polar surface area (TPSA) is 331 Å². The van der Waals surface area contributed by atoms with E-state index >= 15 is 0 Å². The number of rotatable bonds is 15. The van der Waals surface area contributed by atoms with Crippen molar-refractivity contribution < 1.29 is 104 Å². The molecule has 8 aliphatic rings. The molecule has 8 rings (SSSR count). The van der Waals surface area contributed by atoms with Crippen LogP contribution in [0.3, 0.4) is 0 Å². The van der Waals surface area contributed by atoms with Crippen molar-refractivity contribution in [3.8, 4) is 0 Å². The van der Waals surface area contributed by atoms with Crippen LogP contribution in [-0.4, -0.2) is 210 Å². The molecule has 0 spiro atoms. The molecule has 4 aliphatic carbocycles. The molecule has 21 heteroatoms. The first kappa shape index (κ1) is 56.5. The van der Waals surface area contributed by atoms with Gasteiger partial charge in [0, 0.05) is 31.3 Å². The zero-order valence-corrected chi connectivity index (χ0v) is 42.4. The first-order valence-electron chi connectivity index (χ1n) is 26.3. The lowest BCUT2D eigenvalue weighted by molar-refractivity contribution is -0.394. The second-order valence-corrected chi connectivity index (χ2v) is 23.1. The van der Waals surface area contributed by atoms with Crippen molar-refractivity contribution in [2.24, 2.45) is 46.3 Å². The number of Topliss-reactive ketones (excluding diaryl/α,β-unsaturated/α-hetero) is 2. The first-order valence-corrected chi connectivity index (χ1v) is 26.3. The van der Waals surface area contributed by atoms with E-state index in [4.69, 9.17) is 37.9 Å². The van der Waals surface area contributed by atoms with Gasteiger partial charge in [0.15, 0.2) is 25.2 Å². The zero-order chi connectivity index (χ0) is 52.5. The summed E-state index contributed by atoms with van der Waals surface area (Å²) < 4.78 is 48.4. The Morgan fingerprint density at radius 3 is 1.82 bits per heavy atom. The number of aliphatic hydroxyl groups excluding tert-OH is 11. The molecule has 0 radical (unpaired) electrons. The first-order chi connectivity index (χ1) is 33.9. The molecule has 0 bridgehead atoms. The van der Waals surface area contributed by atoms with Crippen molar-refractivity contribution in [1.29, 1.82) is 0 Å². The van der Waals surface area contributed by atoms with Crippen molar-refractivity contribution in [3.63, 3.8) is 0 Å². The Kier molecular flexibility index (Phi) is 17.5. The Morgan fingerprint density at radius 1 is 0.653 bits per heavy atom. The van der Waals surface area contributed by atoms with Gasteiger partial charge in [0.05, 0.1) is 31.0 Å². The van der Waals surface area contributed by atoms with Crippen LogP contribution in [0.2, 0.25) is 0 Å². The van der Waals surface area contributed by atoms with Gasteiger partial charge in [0.25, 0.3) is 0 Å². The smallest absolute Gasteiger partial charge is 0.187 e. The SMILES string of the molecule is C[C@@H](CO)CCC(=O)[C@@H](C)[C@H]1C(=O)C[C@H]2[C@@H]3CC=C4C[C@@H](O[C@@H]5O[C@H](CO)[C@@H](O[C@@H]6O[C@@H](C)[C@H](O[C@@H]7O[C@@H](C)[C@H](O)[C@@H](O)[C@H]7O)[C@@H](O)[C@H]6O)[C@H](O)[C@H]5O[C@@H]5O[C@@H](C)[C@H](O)[C@@H](O)[C@H]5O)CC[C@]4(C)[C@H]3CC[C@]12C. The summed E-state index contributed by atoms with van der Waals surface area (Å²) in [4.78, 5) is 27.4. The third kappa shape index (κ3) is 10.4. The van der Waals surface area contributed by atoms with E-state index in [0.29, 0.717) is 32.1 Å². The van der Waals surface area contributed by atoms with Gasteiger partial charge < -0.3 is 94.1 Å². The lowest BCUT2D eigenvalue weighted by atomic mass is 9.47. The van der Waals surface area contributed by atoms with Crippen LogP contribution in [0.1, 0.15) is 106 Å². The predicted octanol–water partition coefficient (Wildman–Crippen LogP) is -0.901. The number of aliphatic hydroxyl groups is 11. The average Bonchev–Trinajstić information content (AvgIpc) is 3.63. The number of allylic oxidation sites excluding steroid dienone is 1. The molecule has 4 saturated heterocycles. The molecule has 11 N–H and O–H groups in total. The fourth-order valence-corrected chi connectivity index (χ4v) is 14.0. The van der Waals surface area contributed by atoms with Gasteiger partial charge in [0.1, 0.15) is 90.9 Å². The maximum atomic E-state index is 13.9. The van der Waals surface area contributed by atoms with Crippen LogP contribution in [0, 0.1) is 46.3 Å². The standard InChI is InChI=1S/C51H82O21/c1-20(18-52)8-11-30(54)21(2)33-31(55)17-29-27-10-9-25-16-26(12-14-50(25,6)28(27)13-15-51(29,33)7)68-49-45(72-47-40(62)37(59)35(57)23(4)66-47)42(64)44(32(19-53)69-49)71-48-41(63)38(60)43(24(5)67-48)70-46-39(61)36(58)34(56)22(3)65-46/h9,20-24,26-29,32-49,52-53,56-64H,8,10-19H2,1-7H3/t20-,21-,22+,23+,24+,26+,27-,28+,29+,32-,33+,34+,35+,36-,37-,38+,39-,40-,41-,42+,43+,44-,45-,46+,47+,48+,49-,50+,51+/m1/s1. The second-order valence-electron chi connectivity index (χ2n) is 23.1. The van der Waals surface area contributed by atoms with Crippen LogP contribution in [0.5, 0.6) is 0 Å². The zero-order valence-electron chi connectivity index (χ0n) is 42.4. The average molecular weight is 1030 g/mol. The van der Waals surface area contributed by atoms with E-state index in [0.717, 1.165) is 25.7 Å². The van der Waals surface area contributed by atoms with Crippen molar-refractivity contribution in [3.05, 3.63) is 11.6 Å². The van der Waals surface area contributed by atoms with Crippen molar-refractivity contribution >= 4 is 11.6 Å². The predicted molar refractivity (Wildman–Crippen MR) is 248 cm³/mol. The Hall–Kier alpha value is -1.68. The Balaban J connectivity index is 0.970. The molecule has 0 unspecified atom stereocenters. The highest BCUT2D eigenvalue weighted by molar-refractivity contribution is 5.92. The second kappa shape index (κ2) is 22.4. The minimum absolute atomic E-state index is 0.0158. The van der Waals surface area contributed by atoms with Crippen LogP contribution in [0.15, 0.2) is 11.6 Å². The van der Waals surface area contributed by atoms with Gasteiger partial charge in [-0.3, -0.25) is 9.59 Å². The summed E-state index contributed by atoms with van der Waals surface area (Å²) in [7, 11) is 0. The minimum Gasteiger partial charge on any atom is -0.396 e. The largest absolute Gasteiger partial charge is 0.396 e. The van der Waals surface area contributed by atoms with Gasteiger partial charge in [-0.1, -0.05) is 39.3 Å². The molecule has 4 aliphatic heterocycles. The van der Waals surface area contributed by atoms with Crippen LogP contribution in [-0.2, 0) is 47.5 Å². The summed E-state index contributed by atoms with van der Waals surface area (Å²) >= 11 is 0. The normalized spacial score (nSPS) is 51.6. The van der Waals surface area contributed by atoms with E-state index in [1.165, 1.54) is 26.3 Å². The number of hydrogen-bond donors (Lipinski definition) is 11. The molecule has 0 aromatic heterocycles. The molecule has 3 saturated carbocycles. The number of ether oxygens (including phenoxy) is 8. The quantitative estimate of drug-likeness (QED) is 0.0886. The third-order valence-electron chi connectivity index (χ3n) is 18.6. The maximum Gasteiger partial charge on any atom is 0.187 e. The lowest BCUT2D eigenvalue weighted by Gasteiger charge is -2.58. The third-order valence-corrected chi connectivity index (χ3v) is 18.6. The highest BCUT2D eigenvalue weighted by Crippen LogP contribution is 2.66. The Labute approximate surface area is 420 Å². The van der Waals surface area contributed by atoms with Crippen LogP contribution in [0.4, 0.5) is 0 Å². The number of fused-ring (bicyclic) bond motifs is 5. The van der Waals surface area contributed by atoms with Gasteiger partial charge in [-0.25, -0.2) is 0 Å². The highest BCUT2D eigenvalue weighted by atomic mass is 16.8. The Morgan fingerprint density at radius 2 is 1.22 bits per heavy atom. The molecule has 72 heavy (non-hydrogen) atoms. The van der Waals surface area contributed by atoms with E-state index in [2.05, 4.69) is 19.9 Å². The number of hydrogen-bond acceptors (Lipinski definition) is 21. The van der Waals surface area contributed by atoms with Crippen molar-refractivity contribution in [2.45, 2.75) is 235 Å². The molecule has 4 heterocycles. The van der Waals surface area contributed by atoms with E-state index in [9.17, 15) is 65.8 Å². The Bertz CT molecular complexity index is 1910. The van der Waals surface area contributed by atoms with Crippen molar-refractivity contribution in [1.82, 2.24) is 0 Å². The maximum absolute atomic E-state index is 13.9. The lowest BCUT2D eigenvalue weighted by Crippen LogP contribution is -2.67. The fraction of sp³-hybridized carbons (Fsp3) is 0.922. The molecule has 412 valence electrons. The molecule has 29 atom stereocenters. The van der Waals surface area contributed by atoms with Crippen LogP contribution in [0.25, 0.3) is 0 Å². The summed E-state index contributed by atoms with van der Waals surface area (Å²) in [5.41, 5.74) is 0.676. The molecular formula is C51H82O21. The van der Waals surface area contributed by atoms with E-state index in [-0.39, 0.29) is 58.6 Å². The van der Waals surface area contributed by atoms with Crippen LogP contribution >= 0.6 is 0 Å². The molecule has 0 aromatic rings. The van der Waals surface area contributed by atoms with Gasteiger partial charge >= 0.3 is 0 Å². The molecular weight excluding hydrogens is 949 g/mol. The van der Waals surface area contributed by atoms with E-state index < -0.39 is 141 Å². The monoisotopic (exact) mass is 1030 g/mol. The summed E-state index contributed by atoms with van der Waals surface area (Å²) in [5, 5.41) is 118. The molecule has 21 nitrogen and oxygen atoms in total. The van der Waals surface area contributed by atoms with E-state index in [1.807, 2.05) is 13.8 Å². The molecule has 0 aromatic carbocycles. The highest BCUT2D eigenvalue weighted by Gasteiger charge is 2.63. The van der Waals surface area contributed by atoms with Crippen LogP contribution < -0.4 is 0 Å². The number of carbonyl (C=O) groups excluding carboxylic acids is 2. The molecule has 0 amide bonds. The fourth-order valence-electron chi connectivity index (χ4n) is 14.0. The van der Waals surface area contributed by atoms with E-state index in [1.54, 1.807) is 0 Å².